The molecule has 0 saturated carbocycles. The molecule has 234 valence electrons. The van der Waals surface area contributed by atoms with E-state index in [1.165, 1.54) is 0 Å². The monoisotopic (exact) mass is 672 g/mol. The number of hydrogen-bond donors (Lipinski definition) is 0. The lowest BCUT2D eigenvalue weighted by molar-refractivity contribution is 0.670. The Morgan fingerprint density at radius 3 is 1.31 bits per heavy atom. The zero-order valence-electron chi connectivity index (χ0n) is 53.4. The molecule has 1 heteroatoms. The lowest BCUT2D eigenvalue weighted by Crippen LogP contribution is -1.91. The van der Waals surface area contributed by atoms with Gasteiger partial charge in [0.1, 0.15) is 11.2 Å². The maximum atomic E-state index is 10.3. The molecule has 0 saturated heterocycles. The third-order valence-corrected chi connectivity index (χ3v) is 9.06. The molecule has 0 N–H and O–H groups in total. The van der Waals surface area contributed by atoms with Gasteiger partial charge in [0.2, 0.25) is 0 Å². The van der Waals surface area contributed by atoms with Crippen molar-refractivity contribution >= 4 is 86.6 Å². The molecule has 11 aromatic carbocycles. The van der Waals surface area contributed by atoms with Crippen molar-refractivity contribution in [1.29, 1.82) is 0 Å². The summed E-state index contributed by atoms with van der Waals surface area (Å²) in [6.45, 7) is 0. The van der Waals surface area contributed by atoms with E-state index in [4.69, 9.17) is 26.3 Å². The molecule has 51 heavy (non-hydrogen) atoms. The van der Waals surface area contributed by atoms with Gasteiger partial charge in [0, 0.05) is 16.3 Å². The number of rotatable bonds is 3. The van der Waals surface area contributed by atoms with Crippen LogP contribution in [0.15, 0.2) is 174 Å². The molecular weight excluding hydrogens is 617 g/mol. The highest BCUT2D eigenvalue weighted by atomic mass is 16.3. The Kier molecular flexibility index (Phi) is 2.33. The second-order valence-electron chi connectivity index (χ2n) is 11.8. The van der Waals surface area contributed by atoms with Crippen molar-refractivity contribution in [2.45, 2.75) is 0 Å². The first-order chi connectivity index (χ1) is 37.0. The third-order valence-electron chi connectivity index (χ3n) is 9.06. The zero-order valence-corrected chi connectivity index (χ0v) is 25.4. The summed E-state index contributed by atoms with van der Waals surface area (Å²) in [4.78, 5) is 0. The molecule has 0 amide bonds. The van der Waals surface area contributed by atoms with E-state index < -0.39 is 278 Å². The number of furan rings is 1. The van der Waals surface area contributed by atoms with Crippen molar-refractivity contribution in [3.8, 4) is 33.4 Å². The van der Waals surface area contributed by atoms with E-state index in [2.05, 4.69) is 0 Å². The fourth-order valence-electron chi connectivity index (χ4n) is 6.85. The van der Waals surface area contributed by atoms with Crippen LogP contribution in [-0.4, -0.2) is 0 Å². The molecule has 0 aliphatic heterocycles. The molecule has 1 nitrogen and oxygen atoms in total. The maximum Gasteiger partial charge on any atom is 0.143 e. The molecule has 12 aromatic rings. The first-order valence-corrected chi connectivity index (χ1v) is 15.4. The largest absolute Gasteiger partial charge is 0.455 e. The van der Waals surface area contributed by atoms with E-state index in [-0.39, 0.29) is 10.8 Å². The van der Waals surface area contributed by atoms with Gasteiger partial charge in [-0.1, -0.05) is 145 Å². The fourth-order valence-corrected chi connectivity index (χ4v) is 6.85. The molecule has 1 aromatic heterocycles. The van der Waals surface area contributed by atoms with E-state index in [9.17, 15) is 16.4 Å². The predicted octanol–water partition coefficient (Wildman–Crippen LogP) is 14.4. The molecule has 0 aliphatic rings. The van der Waals surface area contributed by atoms with Crippen LogP contribution in [-0.2, 0) is 0 Å². The van der Waals surface area contributed by atoms with Gasteiger partial charge in [0.25, 0.3) is 0 Å². The van der Waals surface area contributed by atoms with E-state index in [1.807, 2.05) is 0 Å². The summed E-state index contributed by atoms with van der Waals surface area (Å²) in [6.07, 6.45) is 0. The van der Waals surface area contributed by atoms with Crippen molar-refractivity contribution in [2.75, 3.05) is 0 Å². The van der Waals surface area contributed by atoms with Crippen molar-refractivity contribution in [3.63, 3.8) is 0 Å². The summed E-state index contributed by atoms with van der Waals surface area (Å²) in [6, 6.07) is -24.2. The minimum atomic E-state index is -1.09. The van der Waals surface area contributed by atoms with Crippen LogP contribution < -0.4 is 0 Å². The Morgan fingerprint density at radius 1 is 0.314 bits per heavy atom. The van der Waals surface area contributed by atoms with E-state index in [0.717, 1.165) is 0 Å². The molecule has 0 spiro atoms. The van der Waals surface area contributed by atoms with Crippen molar-refractivity contribution < 1.29 is 42.8 Å². The highest BCUT2D eigenvalue weighted by Gasteiger charge is 2.19. The Labute approximate surface area is 332 Å². The fraction of sp³-hybridized carbons (Fsp3) is 0. The normalized spacial score (nSPS) is 20.0. The van der Waals surface area contributed by atoms with Gasteiger partial charge >= 0.3 is 0 Å². The predicted molar refractivity (Wildman–Crippen MR) is 217 cm³/mol. The van der Waals surface area contributed by atoms with Gasteiger partial charge < -0.3 is 4.42 Å². The van der Waals surface area contributed by atoms with Gasteiger partial charge in [0.15, 0.2) is 0 Å². The van der Waals surface area contributed by atoms with E-state index in [0.29, 0.717) is 0 Å². The third kappa shape index (κ3) is 3.75. The van der Waals surface area contributed by atoms with Crippen molar-refractivity contribution in [1.82, 2.24) is 0 Å². The van der Waals surface area contributed by atoms with Gasteiger partial charge in [-0.3, -0.25) is 0 Å². The Balaban J connectivity index is 1.41. The van der Waals surface area contributed by atoms with Gasteiger partial charge in [-0.2, -0.15) is 0 Å². The summed E-state index contributed by atoms with van der Waals surface area (Å²) in [7, 11) is 0. The quantitative estimate of drug-likeness (QED) is 0.170. The summed E-state index contributed by atoms with van der Waals surface area (Å²) < 4.78 is 264. The molecule has 0 fully saturated rings. The van der Waals surface area contributed by atoms with Crippen LogP contribution in [0.3, 0.4) is 0 Å². The second kappa shape index (κ2) is 9.94. The summed E-state index contributed by atoms with van der Waals surface area (Å²) in [5, 5.41) is -6.59. The topological polar surface area (TPSA) is 13.1 Å². The minimum absolute atomic E-state index is 0.343. The highest BCUT2D eigenvalue weighted by molar-refractivity contribution is 6.27. The lowest BCUT2D eigenvalue weighted by atomic mass is 9.86. The first-order valence-electron chi connectivity index (χ1n) is 29.4. The molecule has 0 bridgehead atoms. The molecule has 0 unspecified atom stereocenters. The van der Waals surface area contributed by atoms with E-state index >= 15 is 0 Å². The van der Waals surface area contributed by atoms with Crippen LogP contribution in [0.1, 0.15) is 38.4 Å². The van der Waals surface area contributed by atoms with Gasteiger partial charge in [-0.25, -0.2) is 0 Å². The maximum absolute atomic E-state index is 10.3. The zero-order chi connectivity index (χ0) is 57.6. The molecule has 1 heterocycles. The molecule has 0 aliphatic carbocycles. The Hall–Kier alpha value is -6.70. The molecular formula is C50H28O. The number of fused-ring (bicyclic) bond motifs is 3. The lowest BCUT2D eigenvalue weighted by Gasteiger charge is -2.18. The minimum Gasteiger partial charge on any atom is -0.455 e. The SMILES string of the molecule is [2H]c1c(-c2c([2H])c([2H])c([2H])c3c2oc2c([2H])c([2H])c([2H])c([2H])c23)c([2H])c(-c2c([2H])c([2H])c3c([2H])c([2H])c4c([2H])c([2H])c([2H])c5c([2H])c([2H])c2c3c45)c([2H])c1-c1c([2H])c([2H])c2c([2H])c([2H])c3c([2H])c([2H])c([2H])c4c([2H])c([2H])c1c2c34. The summed E-state index contributed by atoms with van der Waals surface area (Å²) >= 11 is 0. The number of hydrogen-bond acceptors (Lipinski definition) is 1. The molecule has 12 rings (SSSR count). The van der Waals surface area contributed by atoms with Crippen LogP contribution in [0.25, 0.3) is 120 Å². The van der Waals surface area contributed by atoms with Crippen LogP contribution in [0.5, 0.6) is 0 Å². The van der Waals surface area contributed by atoms with Gasteiger partial charge in [-0.15, -0.1) is 0 Å². The second-order valence-corrected chi connectivity index (χ2v) is 11.8. The first kappa shape index (κ1) is 12.0. The van der Waals surface area contributed by atoms with Crippen LogP contribution >= 0.6 is 0 Å². The number of para-hydroxylation sites is 2. The Morgan fingerprint density at radius 2 is 0.745 bits per heavy atom. The van der Waals surface area contributed by atoms with E-state index in [1.54, 1.807) is 0 Å². The smallest absolute Gasteiger partial charge is 0.143 e. The average molecular weight is 673 g/mol. The average Bonchev–Trinajstić information content (AvgIpc) is 2.59. The number of benzene rings is 11. The standard InChI is InChI=1S/C50H28O/c1-2-13-45-41(10-1)44-12-5-11-40(50(44)51-45)37-27-35(38-22-18-33-16-14-29-6-3-8-31-20-24-42(38)48(33)46(29)31)26-36(28-37)39-23-19-34-17-15-30-7-4-9-32-21-25-43(39)49(34)47(30)32/h1-28H/i1D,2D,3D,4D,5D,6D,7D,8D,9D,10D,11D,12D,13D,14D,15D,16D,17D,18D,19D,20D,21D,22D,23D,24D,25D,26D,27D,28D. The summed E-state index contributed by atoms with van der Waals surface area (Å²) in [5.74, 6) is 0. The van der Waals surface area contributed by atoms with Crippen molar-refractivity contribution in [2.24, 2.45) is 0 Å². The van der Waals surface area contributed by atoms with Crippen LogP contribution in [0, 0.1) is 0 Å². The summed E-state index contributed by atoms with van der Waals surface area (Å²) in [5.41, 5.74) is -6.35. The van der Waals surface area contributed by atoms with Crippen molar-refractivity contribution in [3.05, 3.63) is 169 Å². The molecule has 0 radical (unpaired) electrons. The van der Waals surface area contributed by atoms with Gasteiger partial charge in [-0.05, 0) is 117 Å². The Bertz CT molecular complexity index is 4700. The molecule has 0 atom stereocenters. The highest BCUT2D eigenvalue weighted by Crippen LogP contribution is 2.45. The van der Waals surface area contributed by atoms with Crippen LogP contribution in [0.2, 0.25) is 0 Å². The van der Waals surface area contributed by atoms with Gasteiger partial charge in [0.05, 0.1) is 38.4 Å². The van der Waals surface area contributed by atoms with Crippen LogP contribution in [0.4, 0.5) is 0 Å².